The monoisotopic (exact) mass is 311 g/mol. The van der Waals surface area contributed by atoms with Crippen LogP contribution in [0.5, 0.6) is 0 Å². The minimum absolute atomic E-state index is 0.126. The number of halogens is 1. The number of nitrogens with zero attached hydrogens (tertiary/aromatic N) is 1. The third-order valence-electron chi connectivity index (χ3n) is 2.96. The molecule has 21 heavy (non-hydrogen) atoms. The molecule has 2 rings (SSSR count). The van der Waals surface area contributed by atoms with E-state index in [-0.39, 0.29) is 16.4 Å². The lowest BCUT2D eigenvalue weighted by Crippen LogP contribution is -2.15. The zero-order valence-electron chi connectivity index (χ0n) is 11.4. The first kappa shape index (κ1) is 15.2. The zero-order valence-corrected chi connectivity index (χ0v) is 12.2. The number of carbonyl (C=O) groups excluding carboxylic acids is 1. The standard InChI is InChI=1S/C13H14FN3O3S/c1-8-5-9(3-4-11(8)14)16-13(18)12-6-10(7-17(12)2)21(15,19)20/h3-7H,1-2H3,(H,16,18)(H2,15,19,20). The molecule has 8 heteroatoms. The summed E-state index contributed by atoms with van der Waals surface area (Å²) >= 11 is 0. The lowest BCUT2D eigenvalue weighted by Gasteiger charge is -2.07. The van der Waals surface area contributed by atoms with Gasteiger partial charge in [-0.2, -0.15) is 0 Å². The van der Waals surface area contributed by atoms with E-state index in [1.165, 1.54) is 42.1 Å². The fraction of sp³-hybridized carbons (Fsp3) is 0.154. The molecule has 1 amide bonds. The number of rotatable bonds is 3. The van der Waals surface area contributed by atoms with E-state index in [1.54, 1.807) is 6.92 Å². The third kappa shape index (κ3) is 3.29. The lowest BCUT2D eigenvalue weighted by molar-refractivity contribution is 0.101. The van der Waals surface area contributed by atoms with Crippen molar-refractivity contribution in [2.24, 2.45) is 12.2 Å². The summed E-state index contributed by atoms with van der Waals surface area (Å²) in [5.74, 6) is -0.887. The Morgan fingerprint density at radius 2 is 2.00 bits per heavy atom. The van der Waals surface area contributed by atoms with Crippen molar-refractivity contribution < 1.29 is 17.6 Å². The van der Waals surface area contributed by atoms with E-state index in [1.807, 2.05) is 0 Å². The van der Waals surface area contributed by atoms with Crippen LogP contribution in [0.15, 0.2) is 35.4 Å². The quantitative estimate of drug-likeness (QED) is 0.896. The van der Waals surface area contributed by atoms with Gasteiger partial charge in [0.1, 0.15) is 16.4 Å². The number of aryl methyl sites for hydroxylation is 2. The van der Waals surface area contributed by atoms with Crippen LogP contribution >= 0.6 is 0 Å². The number of nitrogens with two attached hydrogens (primary N) is 1. The van der Waals surface area contributed by atoms with E-state index >= 15 is 0 Å². The third-order valence-corrected chi connectivity index (χ3v) is 3.84. The molecule has 0 aliphatic carbocycles. The normalized spacial score (nSPS) is 11.4. The highest BCUT2D eigenvalue weighted by Crippen LogP contribution is 2.17. The van der Waals surface area contributed by atoms with Crippen molar-refractivity contribution in [3.8, 4) is 0 Å². The van der Waals surface area contributed by atoms with E-state index < -0.39 is 15.9 Å². The minimum atomic E-state index is -3.87. The van der Waals surface area contributed by atoms with E-state index in [2.05, 4.69) is 5.32 Å². The van der Waals surface area contributed by atoms with Gasteiger partial charge in [-0.1, -0.05) is 0 Å². The van der Waals surface area contributed by atoms with E-state index in [9.17, 15) is 17.6 Å². The van der Waals surface area contributed by atoms with E-state index in [0.29, 0.717) is 11.3 Å². The van der Waals surface area contributed by atoms with Crippen molar-refractivity contribution in [3.05, 3.63) is 47.5 Å². The number of sulfonamides is 1. The van der Waals surface area contributed by atoms with Crippen LogP contribution in [0.1, 0.15) is 16.1 Å². The number of anilines is 1. The van der Waals surface area contributed by atoms with Gasteiger partial charge < -0.3 is 9.88 Å². The highest BCUT2D eigenvalue weighted by Gasteiger charge is 2.17. The summed E-state index contributed by atoms with van der Waals surface area (Å²) in [5, 5.41) is 7.58. The minimum Gasteiger partial charge on any atom is -0.345 e. The fourth-order valence-corrected chi connectivity index (χ4v) is 2.41. The zero-order chi connectivity index (χ0) is 15.8. The van der Waals surface area contributed by atoms with Crippen LogP contribution in [-0.2, 0) is 17.1 Å². The molecular formula is C13H14FN3O3S. The van der Waals surface area contributed by atoms with Crippen molar-refractivity contribution >= 4 is 21.6 Å². The van der Waals surface area contributed by atoms with Crippen LogP contribution < -0.4 is 10.5 Å². The Labute approximate surface area is 121 Å². The Kier molecular flexibility index (Phi) is 3.84. The summed E-state index contributed by atoms with van der Waals surface area (Å²) in [4.78, 5) is 12.0. The van der Waals surface area contributed by atoms with Gasteiger partial charge in [-0.25, -0.2) is 17.9 Å². The number of carbonyl (C=O) groups is 1. The second kappa shape index (κ2) is 5.30. The Hall–Kier alpha value is -2.19. The summed E-state index contributed by atoms with van der Waals surface area (Å²) < 4.78 is 37.0. The SMILES string of the molecule is Cc1cc(NC(=O)c2cc(S(N)(=O)=O)cn2C)ccc1F. The summed E-state index contributed by atoms with van der Waals surface area (Å²) in [7, 11) is -2.35. The fourth-order valence-electron chi connectivity index (χ4n) is 1.83. The number of amides is 1. The van der Waals surface area contributed by atoms with E-state index in [4.69, 9.17) is 5.14 Å². The van der Waals surface area contributed by atoms with E-state index in [0.717, 1.165) is 0 Å². The Morgan fingerprint density at radius 3 is 2.52 bits per heavy atom. The number of benzene rings is 1. The molecule has 0 saturated heterocycles. The van der Waals surface area contributed by atoms with Crippen LogP contribution in [-0.4, -0.2) is 18.9 Å². The first-order valence-electron chi connectivity index (χ1n) is 5.95. The average molecular weight is 311 g/mol. The molecule has 0 aliphatic heterocycles. The molecule has 0 atom stereocenters. The number of nitrogens with one attached hydrogen (secondary N) is 1. The highest BCUT2D eigenvalue weighted by atomic mass is 32.2. The molecule has 112 valence electrons. The van der Waals surface area contributed by atoms with Gasteiger partial charge in [-0.05, 0) is 36.8 Å². The van der Waals surface area contributed by atoms with Crippen LogP contribution in [0.3, 0.4) is 0 Å². The Bertz CT molecular complexity index is 812. The summed E-state index contributed by atoms with van der Waals surface area (Å²) in [6.07, 6.45) is 1.25. The average Bonchev–Trinajstić information content (AvgIpc) is 2.76. The first-order valence-corrected chi connectivity index (χ1v) is 7.50. The molecular weight excluding hydrogens is 297 g/mol. The van der Waals surface area contributed by atoms with Gasteiger partial charge in [-0.3, -0.25) is 4.79 Å². The molecule has 0 saturated carbocycles. The largest absolute Gasteiger partial charge is 0.345 e. The molecule has 1 heterocycles. The number of primary sulfonamides is 1. The van der Waals surface area contributed by atoms with Crippen LogP contribution in [0.2, 0.25) is 0 Å². The summed E-state index contributed by atoms with van der Waals surface area (Å²) in [6.45, 7) is 1.58. The molecule has 3 N–H and O–H groups in total. The molecule has 0 fully saturated rings. The van der Waals surface area contributed by atoms with Crippen molar-refractivity contribution in [2.45, 2.75) is 11.8 Å². The molecule has 2 aromatic rings. The predicted octanol–water partition coefficient (Wildman–Crippen LogP) is 1.37. The topological polar surface area (TPSA) is 94.2 Å². The van der Waals surface area contributed by atoms with Crippen LogP contribution in [0.25, 0.3) is 0 Å². The Balaban J connectivity index is 2.28. The van der Waals surface area contributed by atoms with Gasteiger partial charge in [-0.15, -0.1) is 0 Å². The van der Waals surface area contributed by atoms with Gasteiger partial charge in [0.15, 0.2) is 0 Å². The number of hydrogen-bond acceptors (Lipinski definition) is 3. The molecule has 0 aliphatic rings. The van der Waals surface area contributed by atoms with Gasteiger partial charge in [0.25, 0.3) is 5.91 Å². The summed E-state index contributed by atoms with van der Waals surface area (Å²) in [5.41, 5.74) is 0.933. The second-order valence-electron chi connectivity index (χ2n) is 4.64. The molecule has 6 nitrogen and oxygen atoms in total. The molecule has 1 aromatic carbocycles. The maximum atomic E-state index is 13.2. The van der Waals surface area contributed by atoms with Crippen LogP contribution in [0, 0.1) is 12.7 Å². The van der Waals surface area contributed by atoms with Crippen molar-refractivity contribution in [1.29, 1.82) is 0 Å². The molecule has 0 bridgehead atoms. The van der Waals surface area contributed by atoms with Crippen molar-refractivity contribution in [2.75, 3.05) is 5.32 Å². The smallest absolute Gasteiger partial charge is 0.272 e. The number of hydrogen-bond donors (Lipinski definition) is 2. The summed E-state index contributed by atoms with van der Waals surface area (Å²) in [6, 6.07) is 5.33. The molecule has 0 radical (unpaired) electrons. The number of aromatic nitrogens is 1. The second-order valence-corrected chi connectivity index (χ2v) is 6.20. The maximum absolute atomic E-state index is 13.2. The van der Waals surface area contributed by atoms with Crippen molar-refractivity contribution in [3.63, 3.8) is 0 Å². The van der Waals surface area contributed by atoms with Gasteiger partial charge in [0, 0.05) is 18.9 Å². The maximum Gasteiger partial charge on any atom is 0.272 e. The van der Waals surface area contributed by atoms with Gasteiger partial charge in [0.05, 0.1) is 0 Å². The highest BCUT2D eigenvalue weighted by molar-refractivity contribution is 7.89. The van der Waals surface area contributed by atoms with Gasteiger partial charge >= 0.3 is 0 Å². The predicted molar refractivity (Wildman–Crippen MR) is 75.9 cm³/mol. The van der Waals surface area contributed by atoms with Crippen LogP contribution in [0.4, 0.5) is 10.1 Å². The lowest BCUT2D eigenvalue weighted by atomic mass is 10.2. The first-order chi connectivity index (χ1) is 9.68. The van der Waals surface area contributed by atoms with Crippen molar-refractivity contribution in [1.82, 2.24) is 4.57 Å². The molecule has 1 aromatic heterocycles. The van der Waals surface area contributed by atoms with Gasteiger partial charge in [0.2, 0.25) is 10.0 Å². The molecule has 0 unspecified atom stereocenters. The Morgan fingerprint density at radius 1 is 1.33 bits per heavy atom. The molecule has 0 spiro atoms.